The van der Waals surface area contributed by atoms with Crippen LogP contribution in [-0.4, -0.2) is 61.1 Å². The van der Waals surface area contributed by atoms with E-state index in [1.165, 1.54) is 6.08 Å². The van der Waals surface area contributed by atoms with E-state index in [-0.39, 0.29) is 24.6 Å². The standard InChI is InChI=1S/C18H21N3O4/c1-2-25-18(23)16(13-19)4-3-15-5-7-20(8-6-15)14-17(22)21-9-11-24-12-10-21/h3-8H,2,9-12,14H2,1H3/b16-4-. The summed E-state index contributed by atoms with van der Waals surface area (Å²) in [6, 6.07) is 1.82. The molecule has 0 aromatic rings. The summed E-state index contributed by atoms with van der Waals surface area (Å²) < 4.78 is 10.0. The molecule has 7 nitrogen and oxygen atoms in total. The lowest BCUT2D eigenvalue weighted by Gasteiger charge is -2.29. The minimum absolute atomic E-state index is 0.0546. The summed E-state index contributed by atoms with van der Waals surface area (Å²) in [5.41, 5.74) is 0.758. The molecular formula is C18H21N3O4. The van der Waals surface area contributed by atoms with Gasteiger partial charge in [-0.3, -0.25) is 4.79 Å². The molecule has 2 aliphatic heterocycles. The van der Waals surface area contributed by atoms with E-state index in [1.807, 2.05) is 18.2 Å². The highest BCUT2D eigenvalue weighted by molar-refractivity contribution is 5.93. The zero-order valence-corrected chi connectivity index (χ0v) is 14.2. The average Bonchev–Trinajstić information content (AvgIpc) is 2.64. The minimum Gasteiger partial charge on any atom is -0.462 e. The maximum Gasteiger partial charge on any atom is 0.348 e. The lowest BCUT2D eigenvalue weighted by Crippen LogP contribution is -2.44. The zero-order valence-electron chi connectivity index (χ0n) is 14.2. The number of nitriles is 1. The first-order valence-electron chi connectivity index (χ1n) is 8.11. The second kappa shape index (κ2) is 9.45. The molecule has 1 saturated heterocycles. The predicted molar refractivity (Wildman–Crippen MR) is 90.8 cm³/mol. The van der Waals surface area contributed by atoms with Crippen LogP contribution in [0.4, 0.5) is 0 Å². The quantitative estimate of drug-likeness (QED) is 0.423. The summed E-state index contributed by atoms with van der Waals surface area (Å²) >= 11 is 0. The van der Waals surface area contributed by atoms with Crippen LogP contribution in [0.15, 0.2) is 47.9 Å². The van der Waals surface area contributed by atoms with Gasteiger partial charge in [0.05, 0.1) is 19.8 Å². The normalized spacial score (nSPS) is 17.3. The number of hydrogen-bond donors (Lipinski definition) is 0. The second-order valence-corrected chi connectivity index (χ2v) is 5.38. The van der Waals surface area contributed by atoms with Gasteiger partial charge in [-0.05, 0) is 30.7 Å². The number of nitrogens with zero attached hydrogens (tertiary/aromatic N) is 3. The van der Waals surface area contributed by atoms with Crippen molar-refractivity contribution in [2.45, 2.75) is 6.92 Å². The molecule has 0 atom stereocenters. The molecule has 25 heavy (non-hydrogen) atoms. The number of allylic oxidation sites excluding steroid dienone is 5. The van der Waals surface area contributed by atoms with Crippen molar-refractivity contribution in [3.8, 4) is 6.07 Å². The molecule has 0 saturated carbocycles. The van der Waals surface area contributed by atoms with Gasteiger partial charge >= 0.3 is 5.97 Å². The Bertz CT molecular complexity index is 648. The number of hydrogen-bond acceptors (Lipinski definition) is 6. The number of amides is 1. The molecule has 0 unspecified atom stereocenters. The van der Waals surface area contributed by atoms with Gasteiger partial charge in [-0.15, -0.1) is 0 Å². The van der Waals surface area contributed by atoms with Gasteiger partial charge in [0.2, 0.25) is 5.91 Å². The predicted octanol–water partition coefficient (Wildman–Crippen LogP) is 1.13. The van der Waals surface area contributed by atoms with E-state index in [4.69, 9.17) is 14.7 Å². The van der Waals surface area contributed by atoms with Crippen LogP contribution in [0.5, 0.6) is 0 Å². The minimum atomic E-state index is -0.636. The topological polar surface area (TPSA) is 82.9 Å². The van der Waals surface area contributed by atoms with Crippen molar-refractivity contribution in [3.63, 3.8) is 0 Å². The number of carbonyl (C=O) groups excluding carboxylic acids is 2. The summed E-state index contributed by atoms with van der Waals surface area (Å²) in [7, 11) is 0. The third-order valence-corrected chi connectivity index (χ3v) is 3.66. The van der Waals surface area contributed by atoms with Crippen molar-refractivity contribution >= 4 is 11.9 Å². The highest BCUT2D eigenvalue weighted by atomic mass is 16.5. The van der Waals surface area contributed by atoms with Crippen LogP contribution in [0.2, 0.25) is 0 Å². The van der Waals surface area contributed by atoms with Gasteiger partial charge in [0.25, 0.3) is 0 Å². The van der Waals surface area contributed by atoms with Gasteiger partial charge in [0.15, 0.2) is 0 Å². The summed E-state index contributed by atoms with van der Waals surface area (Å²) in [6.07, 6.45) is 10.3. The lowest BCUT2D eigenvalue weighted by atomic mass is 10.1. The second-order valence-electron chi connectivity index (χ2n) is 5.38. The molecular weight excluding hydrogens is 322 g/mol. The van der Waals surface area contributed by atoms with E-state index in [0.29, 0.717) is 26.3 Å². The molecule has 0 radical (unpaired) electrons. The molecule has 0 aromatic carbocycles. The van der Waals surface area contributed by atoms with Crippen LogP contribution in [0.1, 0.15) is 6.92 Å². The van der Waals surface area contributed by atoms with Crippen LogP contribution >= 0.6 is 0 Å². The Kier molecular flexibility index (Phi) is 6.99. The van der Waals surface area contributed by atoms with E-state index < -0.39 is 5.97 Å². The monoisotopic (exact) mass is 343 g/mol. The summed E-state index contributed by atoms with van der Waals surface area (Å²) in [5.74, 6) is -0.581. The Hall–Kier alpha value is -2.85. The third-order valence-electron chi connectivity index (χ3n) is 3.66. The fourth-order valence-corrected chi connectivity index (χ4v) is 2.29. The lowest BCUT2D eigenvalue weighted by molar-refractivity contribution is -0.138. The van der Waals surface area contributed by atoms with E-state index in [9.17, 15) is 9.59 Å². The Balaban J connectivity index is 1.91. The number of ether oxygens (including phenoxy) is 2. The first kappa shape index (κ1) is 18.5. The number of rotatable bonds is 5. The molecule has 0 aliphatic carbocycles. The average molecular weight is 343 g/mol. The Morgan fingerprint density at radius 1 is 1.32 bits per heavy atom. The first-order chi connectivity index (χ1) is 12.1. The van der Waals surface area contributed by atoms with Crippen molar-refractivity contribution in [3.05, 3.63) is 47.9 Å². The number of morpholine rings is 1. The van der Waals surface area contributed by atoms with Crippen LogP contribution in [0.3, 0.4) is 0 Å². The highest BCUT2D eigenvalue weighted by Crippen LogP contribution is 2.11. The summed E-state index contributed by atoms with van der Waals surface area (Å²) in [4.78, 5) is 27.3. The van der Waals surface area contributed by atoms with E-state index in [1.54, 1.807) is 35.2 Å². The molecule has 2 rings (SSSR count). The largest absolute Gasteiger partial charge is 0.462 e. The molecule has 1 fully saturated rings. The van der Waals surface area contributed by atoms with Crippen molar-refractivity contribution < 1.29 is 19.1 Å². The molecule has 1 amide bonds. The van der Waals surface area contributed by atoms with Gasteiger partial charge in [0.1, 0.15) is 18.2 Å². The van der Waals surface area contributed by atoms with Crippen LogP contribution < -0.4 is 0 Å². The van der Waals surface area contributed by atoms with Gasteiger partial charge in [-0.2, -0.15) is 5.26 Å². The van der Waals surface area contributed by atoms with E-state index >= 15 is 0 Å². The summed E-state index contributed by atoms with van der Waals surface area (Å²) in [6.45, 7) is 4.59. The number of carbonyl (C=O) groups is 2. The van der Waals surface area contributed by atoms with Crippen LogP contribution in [0.25, 0.3) is 0 Å². The molecule has 0 N–H and O–H groups in total. The Labute approximate surface area is 147 Å². The molecule has 0 spiro atoms. The van der Waals surface area contributed by atoms with E-state index in [0.717, 1.165) is 5.57 Å². The molecule has 132 valence electrons. The van der Waals surface area contributed by atoms with Crippen LogP contribution in [0, 0.1) is 11.3 Å². The maximum absolute atomic E-state index is 12.2. The first-order valence-corrected chi connectivity index (χ1v) is 8.11. The molecule has 0 bridgehead atoms. The molecule has 0 aromatic heterocycles. The summed E-state index contributed by atoms with van der Waals surface area (Å²) in [5, 5.41) is 8.97. The van der Waals surface area contributed by atoms with Crippen LogP contribution in [-0.2, 0) is 19.1 Å². The van der Waals surface area contributed by atoms with Crippen molar-refractivity contribution in [1.82, 2.24) is 9.80 Å². The smallest absolute Gasteiger partial charge is 0.348 e. The highest BCUT2D eigenvalue weighted by Gasteiger charge is 2.18. The zero-order chi connectivity index (χ0) is 18.1. The van der Waals surface area contributed by atoms with Gasteiger partial charge in [0, 0.05) is 25.5 Å². The third kappa shape index (κ3) is 5.62. The van der Waals surface area contributed by atoms with Crippen molar-refractivity contribution in [2.75, 3.05) is 39.5 Å². The maximum atomic E-state index is 12.2. The molecule has 2 aliphatic rings. The number of esters is 1. The van der Waals surface area contributed by atoms with Gasteiger partial charge in [-0.25, -0.2) is 4.79 Å². The van der Waals surface area contributed by atoms with Crippen molar-refractivity contribution in [1.29, 1.82) is 5.26 Å². The molecule has 2 heterocycles. The fourth-order valence-electron chi connectivity index (χ4n) is 2.29. The van der Waals surface area contributed by atoms with Crippen molar-refractivity contribution in [2.24, 2.45) is 0 Å². The van der Waals surface area contributed by atoms with E-state index in [2.05, 4.69) is 0 Å². The Morgan fingerprint density at radius 3 is 2.60 bits per heavy atom. The Morgan fingerprint density at radius 2 is 2.00 bits per heavy atom. The molecule has 7 heteroatoms. The van der Waals surface area contributed by atoms with Gasteiger partial charge in [-0.1, -0.05) is 6.08 Å². The fraction of sp³-hybridized carbons (Fsp3) is 0.389. The van der Waals surface area contributed by atoms with Gasteiger partial charge < -0.3 is 19.3 Å². The SMILES string of the molecule is CCOC(=O)/C(C#N)=C\C=C1C=CN(CC(=O)N2CCOCC2)C=C1.